The van der Waals surface area contributed by atoms with Gasteiger partial charge in [-0.05, 0) is 19.8 Å². The van der Waals surface area contributed by atoms with Crippen molar-refractivity contribution in [3.8, 4) is 0 Å². The first-order valence-electron chi connectivity index (χ1n) is 9.26. The average Bonchev–Trinajstić information content (AvgIpc) is 2.52. The third-order valence-corrected chi connectivity index (χ3v) is 3.82. The van der Waals surface area contributed by atoms with Crippen LogP contribution >= 0.6 is 0 Å². The van der Waals surface area contributed by atoms with Crippen molar-refractivity contribution in [2.24, 2.45) is 0 Å². The van der Waals surface area contributed by atoms with Gasteiger partial charge in [-0.2, -0.15) is 0 Å². The van der Waals surface area contributed by atoms with Crippen LogP contribution in [-0.2, 0) is 17.8 Å². The van der Waals surface area contributed by atoms with Crippen molar-refractivity contribution in [1.82, 2.24) is 0 Å². The van der Waals surface area contributed by atoms with E-state index >= 15 is 0 Å². The molecule has 132 valence electrons. The standard InChI is InChI=1S/C18H32N.C2H4O2/c1-3-5-7-8-9-10-12-16-19-17-13-11-15-18(19)14-6-4-2;1-2(3)4/h11,13,15,17H,3-10,12,14,16H2,1-2H3;1H3,(H,3,4)/q+1;/p-1. The molecule has 0 aliphatic heterocycles. The predicted molar refractivity (Wildman–Crippen MR) is 93.9 cm³/mol. The van der Waals surface area contributed by atoms with Crippen molar-refractivity contribution in [3.05, 3.63) is 30.1 Å². The zero-order valence-corrected chi connectivity index (χ0v) is 15.4. The van der Waals surface area contributed by atoms with Crippen LogP contribution in [0.2, 0.25) is 0 Å². The van der Waals surface area contributed by atoms with Gasteiger partial charge in [0.05, 0.1) is 0 Å². The van der Waals surface area contributed by atoms with E-state index in [2.05, 4.69) is 42.8 Å². The van der Waals surface area contributed by atoms with E-state index in [1.54, 1.807) is 0 Å². The first-order chi connectivity index (χ1) is 11.1. The Balaban J connectivity index is 0.00000108. The zero-order chi connectivity index (χ0) is 17.3. The number of rotatable bonds is 11. The van der Waals surface area contributed by atoms with Crippen LogP contribution in [-0.4, -0.2) is 5.97 Å². The maximum Gasteiger partial charge on any atom is 0.181 e. The number of pyridine rings is 1. The normalized spacial score (nSPS) is 10.0. The lowest BCUT2D eigenvalue weighted by Crippen LogP contribution is -2.37. The number of carbonyl (C=O) groups is 1. The highest BCUT2D eigenvalue weighted by atomic mass is 16.4. The van der Waals surface area contributed by atoms with E-state index in [9.17, 15) is 0 Å². The molecule has 0 saturated heterocycles. The summed E-state index contributed by atoms with van der Waals surface area (Å²) in [6, 6.07) is 6.62. The molecule has 1 heterocycles. The number of unbranched alkanes of at least 4 members (excludes halogenated alkanes) is 7. The number of aromatic nitrogens is 1. The van der Waals surface area contributed by atoms with Crippen LogP contribution in [0.15, 0.2) is 24.4 Å². The highest BCUT2D eigenvalue weighted by Crippen LogP contribution is 2.07. The maximum atomic E-state index is 8.89. The van der Waals surface area contributed by atoms with Gasteiger partial charge in [0.2, 0.25) is 0 Å². The van der Waals surface area contributed by atoms with Crippen molar-refractivity contribution in [3.63, 3.8) is 0 Å². The fourth-order valence-electron chi connectivity index (χ4n) is 2.55. The van der Waals surface area contributed by atoms with Crippen molar-refractivity contribution < 1.29 is 14.5 Å². The molecule has 0 aliphatic rings. The topological polar surface area (TPSA) is 44.0 Å². The SMILES string of the molecule is CC(=O)[O-].CCCCCCCCC[n+]1ccccc1CCCC. The van der Waals surface area contributed by atoms with Gasteiger partial charge in [-0.25, -0.2) is 4.57 Å². The van der Waals surface area contributed by atoms with Gasteiger partial charge < -0.3 is 9.90 Å². The molecule has 0 radical (unpaired) electrons. The summed E-state index contributed by atoms with van der Waals surface area (Å²) in [7, 11) is 0. The molecule has 1 aromatic heterocycles. The summed E-state index contributed by atoms with van der Waals surface area (Å²) in [6.07, 6.45) is 15.8. The summed E-state index contributed by atoms with van der Waals surface area (Å²) in [5, 5.41) is 8.89. The van der Waals surface area contributed by atoms with Crippen LogP contribution < -0.4 is 9.67 Å². The lowest BCUT2D eigenvalue weighted by atomic mass is 10.1. The van der Waals surface area contributed by atoms with Crippen LogP contribution in [0.4, 0.5) is 0 Å². The largest absolute Gasteiger partial charge is 0.550 e. The molecule has 0 unspecified atom stereocenters. The first-order valence-corrected chi connectivity index (χ1v) is 9.26. The predicted octanol–water partition coefficient (Wildman–Crippen LogP) is 3.82. The Labute approximate surface area is 142 Å². The van der Waals surface area contributed by atoms with Crippen LogP contribution in [0.3, 0.4) is 0 Å². The summed E-state index contributed by atoms with van der Waals surface area (Å²) in [5.41, 5.74) is 1.51. The van der Waals surface area contributed by atoms with E-state index in [0.717, 1.165) is 6.92 Å². The molecule has 0 spiro atoms. The highest BCUT2D eigenvalue weighted by molar-refractivity contribution is 5.60. The number of carboxylic acids is 1. The molecule has 1 rings (SSSR count). The minimum atomic E-state index is -1.08. The molecule has 0 fully saturated rings. The molecule has 1 aromatic rings. The second-order valence-corrected chi connectivity index (χ2v) is 6.10. The van der Waals surface area contributed by atoms with Crippen molar-refractivity contribution in [2.75, 3.05) is 0 Å². The van der Waals surface area contributed by atoms with Gasteiger partial charge in [-0.3, -0.25) is 0 Å². The van der Waals surface area contributed by atoms with E-state index in [4.69, 9.17) is 9.90 Å². The Morgan fingerprint density at radius 2 is 1.52 bits per heavy atom. The van der Waals surface area contributed by atoms with Gasteiger partial charge in [-0.15, -0.1) is 0 Å². The zero-order valence-electron chi connectivity index (χ0n) is 15.4. The van der Waals surface area contributed by atoms with E-state index in [0.29, 0.717) is 0 Å². The van der Waals surface area contributed by atoms with Crippen LogP contribution in [0.1, 0.15) is 84.3 Å². The third kappa shape index (κ3) is 14.0. The Bertz CT molecular complexity index is 400. The summed E-state index contributed by atoms with van der Waals surface area (Å²) >= 11 is 0. The average molecular weight is 322 g/mol. The summed E-state index contributed by atoms with van der Waals surface area (Å²) < 4.78 is 2.46. The smallest absolute Gasteiger partial charge is 0.181 e. The summed E-state index contributed by atoms with van der Waals surface area (Å²) in [5.74, 6) is -1.08. The van der Waals surface area contributed by atoms with Crippen molar-refractivity contribution in [2.45, 2.75) is 91.5 Å². The van der Waals surface area contributed by atoms with Gasteiger partial charge >= 0.3 is 0 Å². The molecule has 0 aliphatic carbocycles. The minimum Gasteiger partial charge on any atom is -0.550 e. The molecule has 0 amide bonds. The quantitative estimate of drug-likeness (QED) is 0.459. The van der Waals surface area contributed by atoms with E-state index in [-0.39, 0.29) is 0 Å². The number of hydrogen-bond donors (Lipinski definition) is 0. The first kappa shape index (κ1) is 21.6. The Hall–Kier alpha value is -1.38. The Morgan fingerprint density at radius 3 is 2.13 bits per heavy atom. The Kier molecular flexibility index (Phi) is 14.6. The number of nitrogens with zero attached hydrogens (tertiary/aromatic N) is 1. The van der Waals surface area contributed by atoms with Gasteiger partial charge in [-0.1, -0.05) is 58.4 Å². The van der Waals surface area contributed by atoms with Gasteiger partial charge in [0.25, 0.3) is 0 Å². The van der Waals surface area contributed by atoms with Crippen LogP contribution in [0, 0.1) is 0 Å². The fraction of sp³-hybridized carbons (Fsp3) is 0.700. The van der Waals surface area contributed by atoms with Gasteiger partial charge in [0.1, 0.15) is 6.54 Å². The molecule has 0 atom stereocenters. The van der Waals surface area contributed by atoms with E-state index in [1.165, 1.54) is 76.4 Å². The second kappa shape index (κ2) is 15.5. The lowest BCUT2D eigenvalue weighted by Gasteiger charge is -2.04. The van der Waals surface area contributed by atoms with Gasteiger partial charge in [0.15, 0.2) is 11.9 Å². The fourth-order valence-corrected chi connectivity index (χ4v) is 2.55. The number of hydrogen-bond acceptors (Lipinski definition) is 2. The summed E-state index contributed by atoms with van der Waals surface area (Å²) in [6.45, 7) is 6.72. The molecular weight excluding hydrogens is 286 g/mol. The lowest BCUT2D eigenvalue weighted by molar-refractivity contribution is -0.704. The number of carboxylic acid groups (broad SMARTS) is 1. The van der Waals surface area contributed by atoms with Crippen LogP contribution in [0.5, 0.6) is 0 Å². The monoisotopic (exact) mass is 321 g/mol. The van der Waals surface area contributed by atoms with E-state index < -0.39 is 5.97 Å². The highest BCUT2D eigenvalue weighted by Gasteiger charge is 2.07. The number of aryl methyl sites for hydroxylation is 2. The van der Waals surface area contributed by atoms with Crippen molar-refractivity contribution in [1.29, 1.82) is 0 Å². The Morgan fingerprint density at radius 1 is 0.957 bits per heavy atom. The second-order valence-electron chi connectivity index (χ2n) is 6.10. The molecule has 3 heteroatoms. The summed E-state index contributed by atoms with van der Waals surface area (Å²) in [4.78, 5) is 8.89. The molecule has 0 N–H and O–H groups in total. The van der Waals surface area contributed by atoms with E-state index in [1.807, 2.05) is 0 Å². The molecule has 0 saturated carbocycles. The third-order valence-electron chi connectivity index (χ3n) is 3.82. The number of carbonyl (C=O) groups excluding carboxylic acids is 1. The number of aliphatic carboxylic acids is 1. The minimum absolute atomic E-state index is 0.972. The van der Waals surface area contributed by atoms with Crippen molar-refractivity contribution >= 4 is 5.97 Å². The maximum absolute atomic E-state index is 8.89. The molecule has 0 bridgehead atoms. The molecule has 23 heavy (non-hydrogen) atoms. The van der Waals surface area contributed by atoms with Gasteiger partial charge in [0, 0.05) is 30.9 Å². The molecular formula is C20H35NO2. The molecule has 3 nitrogen and oxygen atoms in total. The van der Waals surface area contributed by atoms with Crippen LogP contribution in [0.25, 0.3) is 0 Å². The molecule has 0 aromatic carbocycles.